The van der Waals surface area contributed by atoms with Gasteiger partial charge < -0.3 is 27.0 Å². The Morgan fingerprint density at radius 3 is 1.37 bits per heavy atom. The number of unbranched alkanes of at least 4 members (excludes halogenated alkanes) is 9. The second kappa shape index (κ2) is 37.2. The van der Waals surface area contributed by atoms with E-state index in [0.717, 1.165) is 32.7 Å². The van der Waals surface area contributed by atoms with Gasteiger partial charge in [0.1, 0.15) is 8.64 Å². The van der Waals surface area contributed by atoms with Gasteiger partial charge >= 0.3 is 17.1 Å². The summed E-state index contributed by atoms with van der Waals surface area (Å²) in [6.45, 7) is 7.81. The zero-order valence-corrected chi connectivity index (χ0v) is 23.9. The topological polar surface area (TPSA) is 74.1 Å². The minimum Gasteiger partial charge on any atom is -0.385 e. The second-order valence-corrected chi connectivity index (χ2v) is 9.13. The molecule has 30 heavy (non-hydrogen) atoms. The molecule has 0 amide bonds. The van der Waals surface area contributed by atoms with Crippen molar-refractivity contribution in [1.82, 2.24) is 21.3 Å². The molecule has 1 rings (SSSR count). The van der Waals surface area contributed by atoms with Gasteiger partial charge in [-0.15, -0.1) is 25.3 Å². The molecule has 0 atom stereocenters. The van der Waals surface area contributed by atoms with E-state index in [0.29, 0.717) is 4.32 Å². The van der Waals surface area contributed by atoms with Crippen LogP contribution in [0.25, 0.3) is 0 Å². The Hall–Kier alpha value is 0.879. The zero-order valence-electron chi connectivity index (χ0n) is 19.3. The molecule has 0 bridgehead atoms. The van der Waals surface area contributed by atoms with E-state index in [1.807, 2.05) is 14.1 Å². The Labute approximate surface area is 219 Å². The van der Waals surface area contributed by atoms with Crippen LogP contribution in [0.4, 0.5) is 0 Å². The van der Waals surface area contributed by atoms with Crippen molar-refractivity contribution < 1.29 is 17.1 Å². The molecule has 0 spiro atoms. The standard InChI is InChI=1S/C13H27NS2.C4H10N2.C2H7N.CH3NS2.Mn/c1-2-3-4-5-6-7-8-9-10-11-12-14-13(15)16;1-2-6-4-3-5-1;1-3-2;2-1(3)4;/h2-12H2,1H3,(H2,14,15,16);5-6H,1-4H2;3H,1-2H3;(H3,2,3,4);/q;;;;+2. The van der Waals surface area contributed by atoms with Gasteiger partial charge in [0, 0.05) is 32.7 Å². The third kappa shape index (κ3) is 56.8. The van der Waals surface area contributed by atoms with Crippen LogP contribution in [0.2, 0.25) is 0 Å². The van der Waals surface area contributed by atoms with Crippen molar-refractivity contribution >= 4 is 58.3 Å². The molecule has 1 aliphatic rings. The maximum absolute atomic E-state index is 4.82. The van der Waals surface area contributed by atoms with Gasteiger partial charge in [0.05, 0.1) is 0 Å². The molecule has 6 N–H and O–H groups in total. The first-order valence-corrected chi connectivity index (χ1v) is 12.6. The summed E-state index contributed by atoms with van der Waals surface area (Å²) in [6.07, 6.45) is 13.8. The molecule has 0 aromatic rings. The van der Waals surface area contributed by atoms with E-state index in [2.05, 4.69) is 65.7 Å². The molecular weight excluding hydrogens is 493 g/mol. The van der Waals surface area contributed by atoms with Crippen LogP contribution in [-0.2, 0) is 17.1 Å². The molecule has 5 nitrogen and oxygen atoms in total. The SMILES string of the molecule is C1CNCCN1.CCCCCCCCCCCCNC(=S)S.CNC.NC(=S)S.[Mn+2]. The average Bonchev–Trinajstić information content (AvgIpc) is 2.68. The number of hydrogen-bond acceptors (Lipinski definition) is 5. The van der Waals surface area contributed by atoms with Gasteiger partial charge in [-0.05, 0) is 20.5 Å². The first kappa shape index (κ1) is 38.2. The number of thiol groups is 2. The third-order valence-corrected chi connectivity index (χ3v) is 4.07. The largest absolute Gasteiger partial charge is 2.00 e. The number of nitrogens with one attached hydrogen (secondary N) is 4. The minimum absolute atomic E-state index is 0. The number of thiocarbonyl (C=S) groups is 2. The summed E-state index contributed by atoms with van der Waals surface area (Å²) in [5.74, 6) is 0. The Morgan fingerprint density at radius 2 is 1.10 bits per heavy atom. The fraction of sp³-hybridized carbons (Fsp3) is 0.900. The molecule has 1 saturated heterocycles. The van der Waals surface area contributed by atoms with Crippen molar-refractivity contribution in [2.24, 2.45) is 5.73 Å². The van der Waals surface area contributed by atoms with Crippen LogP contribution in [0.3, 0.4) is 0 Å². The fourth-order valence-corrected chi connectivity index (χ4v) is 2.63. The van der Waals surface area contributed by atoms with E-state index in [-0.39, 0.29) is 21.4 Å². The van der Waals surface area contributed by atoms with Gasteiger partial charge in [0.2, 0.25) is 0 Å². The Kier molecular flexibility index (Phi) is 47.3. The molecule has 1 heterocycles. The Morgan fingerprint density at radius 1 is 0.800 bits per heavy atom. The zero-order chi connectivity index (χ0) is 22.6. The number of nitrogens with two attached hydrogens (primary N) is 1. The van der Waals surface area contributed by atoms with Crippen LogP contribution >= 0.6 is 49.7 Å². The number of rotatable bonds is 11. The van der Waals surface area contributed by atoms with E-state index >= 15 is 0 Å². The van der Waals surface area contributed by atoms with Crippen molar-refractivity contribution in [1.29, 1.82) is 0 Å². The summed E-state index contributed by atoms with van der Waals surface area (Å²) in [7, 11) is 3.75. The summed E-state index contributed by atoms with van der Waals surface area (Å²) in [6, 6.07) is 0. The summed E-state index contributed by atoms with van der Waals surface area (Å²) in [4.78, 5) is 0. The van der Waals surface area contributed by atoms with Crippen molar-refractivity contribution in [3.05, 3.63) is 0 Å². The predicted molar refractivity (Wildman–Crippen MR) is 148 cm³/mol. The van der Waals surface area contributed by atoms with Gasteiger partial charge in [-0.3, -0.25) is 0 Å². The quantitative estimate of drug-likeness (QED) is 0.0928. The smallest absolute Gasteiger partial charge is 0.385 e. The maximum atomic E-state index is 4.82. The molecule has 0 aliphatic carbocycles. The number of hydrogen-bond donors (Lipinski definition) is 7. The monoisotopic (exact) mass is 540 g/mol. The fourth-order valence-electron chi connectivity index (χ4n) is 2.41. The Bertz CT molecular complexity index is 321. The predicted octanol–water partition coefficient (Wildman–Crippen LogP) is 3.88. The molecular formula is C20H47MnN5S4+2. The van der Waals surface area contributed by atoms with E-state index in [1.54, 1.807) is 0 Å². The average molecular weight is 541 g/mol. The molecule has 1 aliphatic heterocycles. The van der Waals surface area contributed by atoms with Gasteiger partial charge in [-0.2, -0.15) is 0 Å². The van der Waals surface area contributed by atoms with Crippen LogP contribution < -0.4 is 27.0 Å². The molecule has 10 heteroatoms. The van der Waals surface area contributed by atoms with Crippen LogP contribution in [-0.4, -0.2) is 55.5 Å². The number of piperazine rings is 1. The molecule has 0 saturated carbocycles. The van der Waals surface area contributed by atoms with Gasteiger partial charge in [0.15, 0.2) is 0 Å². The van der Waals surface area contributed by atoms with Crippen LogP contribution in [0, 0.1) is 0 Å². The second-order valence-electron chi connectivity index (χ2n) is 6.75. The normalized spacial score (nSPS) is 11.8. The van der Waals surface area contributed by atoms with Gasteiger partial charge in [0.25, 0.3) is 0 Å². The summed E-state index contributed by atoms with van der Waals surface area (Å²) >= 11 is 16.5. The van der Waals surface area contributed by atoms with Crippen LogP contribution in [0.1, 0.15) is 71.1 Å². The van der Waals surface area contributed by atoms with Crippen molar-refractivity contribution in [3.63, 3.8) is 0 Å². The third-order valence-electron chi connectivity index (χ3n) is 3.76. The first-order valence-electron chi connectivity index (χ1n) is 10.9. The minimum atomic E-state index is 0. The van der Waals surface area contributed by atoms with E-state index in [4.69, 9.17) is 18.0 Å². The Balaban J connectivity index is -0.000000196. The van der Waals surface area contributed by atoms with Gasteiger partial charge in [-0.1, -0.05) is 89.1 Å². The van der Waals surface area contributed by atoms with Crippen LogP contribution in [0.15, 0.2) is 0 Å². The van der Waals surface area contributed by atoms with Crippen molar-refractivity contribution in [3.8, 4) is 0 Å². The first-order chi connectivity index (χ1) is 13.9. The molecule has 0 aromatic heterocycles. The summed E-state index contributed by atoms with van der Waals surface area (Å²) in [5.41, 5.74) is 4.71. The molecule has 0 unspecified atom stereocenters. The van der Waals surface area contributed by atoms with Crippen molar-refractivity contribution in [2.75, 3.05) is 46.8 Å². The van der Waals surface area contributed by atoms with E-state index in [1.165, 1.54) is 64.2 Å². The molecule has 1 fully saturated rings. The molecule has 1 radical (unpaired) electrons. The van der Waals surface area contributed by atoms with Gasteiger partial charge in [-0.25, -0.2) is 0 Å². The molecule has 0 aromatic carbocycles. The maximum Gasteiger partial charge on any atom is 2.00 e. The van der Waals surface area contributed by atoms with E-state index in [9.17, 15) is 0 Å². The molecule has 181 valence electrons. The van der Waals surface area contributed by atoms with Crippen LogP contribution in [0.5, 0.6) is 0 Å². The van der Waals surface area contributed by atoms with Crippen molar-refractivity contribution in [2.45, 2.75) is 71.1 Å². The van der Waals surface area contributed by atoms with E-state index < -0.39 is 0 Å². The summed E-state index contributed by atoms with van der Waals surface area (Å²) < 4.78 is 0.816. The summed E-state index contributed by atoms with van der Waals surface area (Å²) in [5, 5.41) is 12.3.